The molecule has 2 aromatic carbocycles. The van der Waals surface area contributed by atoms with Gasteiger partial charge >= 0.3 is 0 Å². The average molecular weight is 396 g/mol. The van der Waals surface area contributed by atoms with E-state index >= 15 is 0 Å². The van der Waals surface area contributed by atoms with Crippen molar-refractivity contribution in [3.8, 4) is 0 Å². The van der Waals surface area contributed by atoms with E-state index in [1.54, 1.807) is 6.07 Å². The number of amides is 1. The molecule has 3 nitrogen and oxygen atoms in total. The normalized spacial score (nSPS) is 19.5. The maximum atomic E-state index is 12.1. The van der Waals surface area contributed by atoms with Gasteiger partial charge in [0.1, 0.15) is 0 Å². The molecule has 112 valence electrons. The third-order valence-corrected chi connectivity index (χ3v) is 5.12. The van der Waals surface area contributed by atoms with Crippen LogP contribution < -0.4 is 5.32 Å². The second kappa shape index (κ2) is 6.86. The predicted molar refractivity (Wildman–Crippen MR) is 95.9 cm³/mol. The molecule has 0 aliphatic carbocycles. The number of nitrogens with zero attached hydrogens (tertiary/aromatic N) is 1. The molecule has 0 radical (unpaired) electrons. The van der Waals surface area contributed by atoms with Crippen LogP contribution in [-0.2, 0) is 11.2 Å². The summed E-state index contributed by atoms with van der Waals surface area (Å²) >= 11 is 10.9. The summed E-state index contributed by atoms with van der Waals surface area (Å²) in [5.41, 5.74) is 1.78. The quantitative estimate of drug-likeness (QED) is 0.827. The summed E-state index contributed by atoms with van der Waals surface area (Å²) in [5, 5.41) is 3.82. The number of halogens is 2. The number of carbonyl (C=O) groups is 1. The fourth-order valence-electron chi connectivity index (χ4n) is 2.08. The Morgan fingerprint density at radius 1 is 1.18 bits per heavy atom. The summed E-state index contributed by atoms with van der Waals surface area (Å²) in [6.45, 7) is 0. The number of thioether (sulfide) groups is 1. The fraction of sp³-hybridized carbons (Fsp3) is 0.125. The van der Waals surface area contributed by atoms with Gasteiger partial charge in [0.2, 0.25) is 5.91 Å². The highest BCUT2D eigenvalue weighted by atomic mass is 79.9. The van der Waals surface area contributed by atoms with Crippen LogP contribution in [0.3, 0.4) is 0 Å². The molecule has 6 heteroatoms. The minimum Gasteiger partial charge on any atom is -0.304 e. The zero-order chi connectivity index (χ0) is 15.5. The largest absolute Gasteiger partial charge is 0.304 e. The number of carbonyl (C=O) groups excluding carboxylic acids is 1. The summed E-state index contributed by atoms with van der Waals surface area (Å²) in [5.74, 6) is -0.0151. The smallest absolute Gasteiger partial charge is 0.239 e. The van der Waals surface area contributed by atoms with E-state index in [9.17, 15) is 4.79 Å². The van der Waals surface area contributed by atoms with Crippen LogP contribution in [0.25, 0.3) is 0 Å². The van der Waals surface area contributed by atoms with Crippen LogP contribution >= 0.6 is 39.3 Å². The SMILES string of the molecule is O=C1NC(=Nc2ccccc2Cl)S[C@@H]1Cc1ccc(Br)cc1. The van der Waals surface area contributed by atoms with E-state index in [1.165, 1.54) is 11.8 Å². The Kier molecular flexibility index (Phi) is 4.86. The van der Waals surface area contributed by atoms with Gasteiger partial charge in [0, 0.05) is 4.47 Å². The topological polar surface area (TPSA) is 41.5 Å². The second-order valence-corrected chi connectivity index (χ2v) is 7.31. The summed E-state index contributed by atoms with van der Waals surface area (Å²) < 4.78 is 1.03. The summed E-state index contributed by atoms with van der Waals surface area (Å²) in [6.07, 6.45) is 0.672. The molecule has 0 bridgehead atoms. The van der Waals surface area contributed by atoms with Crippen LogP contribution in [-0.4, -0.2) is 16.3 Å². The molecule has 22 heavy (non-hydrogen) atoms. The Hall–Kier alpha value is -1.30. The Morgan fingerprint density at radius 2 is 1.91 bits per heavy atom. The van der Waals surface area contributed by atoms with Gasteiger partial charge in [0.25, 0.3) is 0 Å². The van der Waals surface area contributed by atoms with E-state index in [0.29, 0.717) is 22.3 Å². The van der Waals surface area contributed by atoms with Gasteiger partial charge in [-0.15, -0.1) is 0 Å². The predicted octanol–water partition coefficient (Wildman–Crippen LogP) is 4.56. The van der Waals surface area contributed by atoms with Crippen molar-refractivity contribution in [1.82, 2.24) is 5.32 Å². The Bertz CT molecular complexity index is 733. The van der Waals surface area contributed by atoms with E-state index in [1.807, 2.05) is 42.5 Å². The standard InChI is InChI=1S/C16H12BrClN2OS/c17-11-7-5-10(6-8-11)9-14-15(21)20-16(22-14)19-13-4-2-1-3-12(13)18/h1-8,14H,9H2,(H,19,20,21)/t14-/m1/s1. The maximum absolute atomic E-state index is 12.1. The molecule has 0 unspecified atom stereocenters. The lowest BCUT2D eigenvalue weighted by Gasteiger charge is -2.05. The van der Waals surface area contributed by atoms with Gasteiger partial charge in [0.15, 0.2) is 5.17 Å². The molecule has 2 aromatic rings. The lowest BCUT2D eigenvalue weighted by Crippen LogP contribution is -2.25. The lowest BCUT2D eigenvalue weighted by atomic mass is 10.1. The molecule has 1 fully saturated rings. The zero-order valence-corrected chi connectivity index (χ0v) is 14.6. The van der Waals surface area contributed by atoms with Gasteiger partial charge in [-0.05, 0) is 36.2 Å². The number of rotatable bonds is 3. The highest BCUT2D eigenvalue weighted by Gasteiger charge is 2.30. The lowest BCUT2D eigenvalue weighted by molar-refractivity contribution is -0.118. The maximum Gasteiger partial charge on any atom is 0.239 e. The van der Waals surface area contributed by atoms with E-state index in [0.717, 1.165) is 10.0 Å². The number of hydrogen-bond acceptors (Lipinski definition) is 3. The van der Waals surface area contributed by atoms with Crippen molar-refractivity contribution in [2.75, 3.05) is 0 Å². The Balaban J connectivity index is 1.73. The average Bonchev–Trinajstić information content (AvgIpc) is 2.84. The molecule has 1 saturated heterocycles. The van der Waals surface area contributed by atoms with Gasteiger partial charge in [0.05, 0.1) is 16.0 Å². The van der Waals surface area contributed by atoms with Crippen molar-refractivity contribution in [3.05, 3.63) is 63.6 Å². The number of para-hydroxylation sites is 1. The summed E-state index contributed by atoms with van der Waals surface area (Å²) in [7, 11) is 0. The fourth-order valence-corrected chi connectivity index (χ4v) is 3.54. The first kappa shape index (κ1) is 15.6. The Labute approximate surface area is 146 Å². The van der Waals surface area contributed by atoms with Crippen molar-refractivity contribution in [1.29, 1.82) is 0 Å². The van der Waals surface area contributed by atoms with Gasteiger partial charge in [-0.25, -0.2) is 4.99 Å². The minimum absolute atomic E-state index is 0.0151. The molecule has 3 rings (SSSR count). The number of benzene rings is 2. The second-order valence-electron chi connectivity index (χ2n) is 4.79. The van der Waals surface area contributed by atoms with Crippen LogP contribution in [0.4, 0.5) is 5.69 Å². The molecule has 0 saturated carbocycles. The van der Waals surface area contributed by atoms with E-state index < -0.39 is 0 Å². The molecule has 0 aromatic heterocycles. The molecular formula is C16H12BrClN2OS. The summed E-state index contributed by atoms with van der Waals surface area (Å²) in [6, 6.07) is 15.3. The number of hydrogen-bond donors (Lipinski definition) is 1. The van der Waals surface area contributed by atoms with E-state index in [-0.39, 0.29) is 11.2 Å². The third-order valence-electron chi connectivity index (χ3n) is 3.19. The summed E-state index contributed by atoms with van der Waals surface area (Å²) in [4.78, 5) is 16.5. The van der Waals surface area contributed by atoms with Gasteiger partial charge in [-0.2, -0.15) is 0 Å². The van der Waals surface area contributed by atoms with Crippen molar-refractivity contribution in [2.45, 2.75) is 11.7 Å². The van der Waals surface area contributed by atoms with Crippen molar-refractivity contribution < 1.29 is 4.79 Å². The number of amidine groups is 1. The number of aliphatic imine (C=N–C) groups is 1. The van der Waals surface area contributed by atoms with Gasteiger partial charge < -0.3 is 5.32 Å². The van der Waals surface area contributed by atoms with Gasteiger partial charge in [-0.3, -0.25) is 4.79 Å². The molecule has 1 heterocycles. The first-order chi connectivity index (χ1) is 10.6. The van der Waals surface area contributed by atoms with Crippen LogP contribution in [0.15, 0.2) is 58.0 Å². The number of nitrogens with one attached hydrogen (secondary N) is 1. The van der Waals surface area contributed by atoms with Crippen LogP contribution in [0, 0.1) is 0 Å². The van der Waals surface area contributed by atoms with Crippen LogP contribution in [0.2, 0.25) is 5.02 Å². The first-order valence-corrected chi connectivity index (χ1v) is 8.72. The van der Waals surface area contributed by atoms with Crippen LogP contribution in [0.5, 0.6) is 0 Å². The zero-order valence-electron chi connectivity index (χ0n) is 11.4. The minimum atomic E-state index is -0.164. The molecule has 0 spiro atoms. The Morgan fingerprint density at radius 3 is 2.64 bits per heavy atom. The van der Waals surface area contributed by atoms with Gasteiger partial charge in [-0.1, -0.05) is 63.6 Å². The molecule has 1 aliphatic rings. The van der Waals surface area contributed by atoms with E-state index in [4.69, 9.17) is 11.6 Å². The van der Waals surface area contributed by atoms with E-state index in [2.05, 4.69) is 26.2 Å². The molecular weight excluding hydrogens is 384 g/mol. The molecule has 1 amide bonds. The molecule has 1 aliphatic heterocycles. The highest BCUT2D eigenvalue weighted by molar-refractivity contribution is 9.10. The first-order valence-electron chi connectivity index (χ1n) is 6.67. The van der Waals surface area contributed by atoms with Crippen molar-refractivity contribution in [2.24, 2.45) is 4.99 Å². The highest BCUT2D eigenvalue weighted by Crippen LogP contribution is 2.29. The molecule has 1 N–H and O–H groups in total. The van der Waals surface area contributed by atoms with Crippen molar-refractivity contribution in [3.63, 3.8) is 0 Å². The monoisotopic (exact) mass is 394 g/mol. The van der Waals surface area contributed by atoms with Crippen molar-refractivity contribution >= 4 is 56.1 Å². The molecule has 1 atom stereocenters. The third kappa shape index (κ3) is 3.72. The van der Waals surface area contributed by atoms with Crippen LogP contribution in [0.1, 0.15) is 5.56 Å².